The van der Waals surface area contributed by atoms with Gasteiger partial charge in [0.1, 0.15) is 17.3 Å². The number of hydrogen-bond acceptors (Lipinski definition) is 7. The van der Waals surface area contributed by atoms with E-state index in [-0.39, 0.29) is 37.7 Å². The molecule has 2 N–H and O–H groups in total. The lowest BCUT2D eigenvalue weighted by Crippen LogP contribution is -2.33. The van der Waals surface area contributed by atoms with Crippen LogP contribution in [0.2, 0.25) is 0 Å². The molecule has 0 aliphatic carbocycles. The van der Waals surface area contributed by atoms with Crippen LogP contribution in [-0.4, -0.2) is 66.4 Å². The Morgan fingerprint density at radius 3 is 2.03 bits per heavy atom. The molecular weight excluding hydrogens is 426 g/mol. The van der Waals surface area contributed by atoms with Crippen molar-refractivity contribution in [2.24, 2.45) is 0 Å². The number of likely N-dealkylation sites (tertiary alicyclic amines) is 1. The van der Waals surface area contributed by atoms with Gasteiger partial charge in [-0.2, -0.15) is 0 Å². The van der Waals surface area contributed by atoms with Crippen LogP contribution >= 0.6 is 0 Å². The van der Waals surface area contributed by atoms with E-state index in [0.717, 1.165) is 0 Å². The summed E-state index contributed by atoms with van der Waals surface area (Å²) in [5.74, 6) is -0.431. The largest absolute Gasteiger partial charge is 0.507 e. The van der Waals surface area contributed by atoms with E-state index < -0.39 is 17.7 Å². The van der Waals surface area contributed by atoms with Gasteiger partial charge in [-0.05, 0) is 55.8 Å². The Labute approximate surface area is 193 Å². The molecule has 1 amide bonds. The fourth-order valence-corrected chi connectivity index (χ4v) is 3.73. The van der Waals surface area contributed by atoms with Crippen LogP contribution in [0.5, 0.6) is 11.5 Å². The second-order valence-electron chi connectivity index (χ2n) is 7.29. The maximum atomic E-state index is 13.0. The molecule has 1 aliphatic heterocycles. The molecule has 33 heavy (non-hydrogen) atoms. The van der Waals surface area contributed by atoms with Crippen LogP contribution < -0.4 is 9.47 Å². The highest BCUT2D eigenvalue weighted by molar-refractivity contribution is 6.46. The minimum Gasteiger partial charge on any atom is -0.507 e. The van der Waals surface area contributed by atoms with Crippen molar-refractivity contribution in [3.8, 4) is 11.5 Å². The van der Waals surface area contributed by atoms with Gasteiger partial charge < -0.3 is 29.3 Å². The van der Waals surface area contributed by atoms with Gasteiger partial charge in [-0.1, -0.05) is 12.1 Å². The zero-order valence-corrected chi connectivity index (χ0v) is 18.8. The third-order valence-corrected chi connectivity index (χ3v) is 5.20. The molecule has 0 saturated carbocycles. The van der Waals surface area contributed by atoms with Crippen molar-refractivity contribution in [1.29, 1.82) is 0 Å². The Hall–Kier alpha value is -3.36. The van der Waals surface area contributed by atoms with Gasteiger partial charge in [-0.3, -0.25) is 9.59 Å². The highest BCUT2D eigenvalue weighted by Gasteiger charge is 2.45. The van der Waals surface area contributed by atoms with E-state index in [2.05, 4.69) is 0 Å². The summed E-state index contributed by atoms with van der Waals surface area (Å²) in [6, 6.07) is 13.0. The number of benzene rings is 2. The molecule has 8 heteroatoms. The lowest BCUT2D eigenvalue weighted by molar-refractivity contribution is -0.140. The van der Waals surface area contributed by atoms with Crippen LogP contribution in [0.4, 0.5) is 0 Å². The van der Waals surface area contributed by atoms with E-state index in [1.54, 1.807) is 48.5 Å². The summed E-state index contributed by atoms with van der Waals surface area (Å²) in [6.45, 7) is 5.03. The van der Waals surface area contributed by atoms with E-state index in [1.807, 2.05) is 13.8 Å². The standard InChI is InChI=1S/C25H29NO7/c1-3-32-19-9-5-17(6-10-19)22-21(23(28)18-7-11-20(12-8-18)33-4-2)24(29)25(30)26(22)13-15-31-16-14-27/h5-12,22,27-28H,3-4,13-16H2,1-2H3/b23-21+/t22-/m0/s1. The first-order valence-electron chi connectivity index (χ1n) is 10.9. The molecule has 0 aromatic heterocycles. The second-order valence-corrected chi connectivity index (χ2v) is 7.29. The summed E-state index contributed by atoms with van der Waals surface area (Å²) < 4.78 is 16.2. The molecule has 1 atom stereocenters. The number of hydrogen-bond donors (Lipinski definition) is 2. The van der Waals surface area contributed by atoms with E-state index >= 15 is 0 Å². The second kappa shape index (κ2) is 11.5. The molecule has 8 nitrogen and oxygen atoms in total. The Morgan fingerprint density at radius 1 is 0.909 bits per heavy atom. The zero-order chi connectivity index (χ0) is 23.8. The summed E-state index contributed by atoms with van der Waals surface area (Å²) in [5.41, 5.74) is 1.08. The molecule has 1 heterocycles. The number of aliphatic hydroxyl groups excluding tert-OH is 2. The van der Waals surface area contributed by atoms with Crippen LogP contribution in [-0.2, 0) is 14.3 Å². The Kier molecular flexibility index (Phi) is 8.46. The third kappa shape index (κ3) is 5.53. The van der Waals surface area contributed by atoms with E-state index in [4.69, 9.17) is 19.3 Å². The number of carbonyl (C=O) groups is 2. The van der Waals surface area contributed by atoms with Gasteiger partial charge in [0.15, 0.2) is 0 Å². The number of aliphatic hydroxyl groups is 2. The zero-order valence-electron chi connectivity index (χ0n) is 18.8. The van der Waals surface area contributed by atoms with E-state index in [9.17, 15) is 14.7 Å². The molecule has 1 aliphatic rings. The van der Waals surface area contributed by atoms with E-state index in [0.29, 0.717) is 35.8 Å². The minimum atomic E-state index is -0.787. The van der Waals surface area contributed by atoms with Crippen molar-refractivity contribution >= 4 is 17.4 Å². The maximum absolute atomic E-state index is 13.0. The fourth-order valence-electron chi connectivity index (χ4n) is 3.73. The summed E-state index contributed by atoms with van der Waals surface area (Å²) in [7, 11) is 0. The summed E-state index contributed by atoms with van der Waals surface area (Å²) in [5, 5.41) is 20.0. The minimum absolute atomic E-state index is 0.00970. The molecular formula is C25H29NO7. The molecule has 3 rings (SSSR count). The predicted molar refractivity (Wildman–Crippen MR) is 122 cm³/mol. The Morgan fingerprint density at radius 2 is 1.48 bits per heavy atom. The summed E-state index contributed by atoms with van der Waals surface area (Å²) in [6.07, 6.45) is 0. The third-order valence-electron chi connectivity index (χ3n) is 5.20. The highest BCUT2D eigenvalue weighted by atomic mass is 16.5. The lowest BCUT2D eigenvalue weighted by atomic mass is 9.95. The average Bonchev–Trinajstić information content (AvgIpc) is 3.08. The monoisotopic (exact) mass is 455 g/mol. The normalized spacial score (nSPS) is 17.4. The summed E-state index contributed by atoms with van der Waals surface area (Å²) >= 11 is 0. The molecule has 176 valence electrons. The van der Waals surface area contributed by atoms with Gasteiger partial charge in [0.05, 0.1) is 44.6 Å². The number of ether oxygens (including phenoxy) is 3. The van der Waals surface area contributed by atoms with Crippen molar-refractivity contribution in [1.82, 2.24) is 4.90 Å². The van der Waals surface area contributed by atoms with Crippen LogP contribution in [0.15, 0.2) is 54.1 Å². The van der Waals surface area contributed by atoms with Gasteiger partial charge in [-0.25, -0.2) is 0 Å². The number of Topliss-reactive ketones (excluding diaryl/α,β-unsaturated/α-hetero) is 1. The van der Waals surface area contributed by atoms with Crippen LogP contribution in [0.25, 0.3) is 5.76 Å². The number of nitrogens with zero attached hydrogens (tertiary/aromatic N) is 1. The van der Waals surface area contributed by atoms with Gasteiger partial charge in [0.25, 0.3) is 11.7 Å². The molecule has 0 bridgehead atoms. The number of carbonyl (C=O) groups excluding carboxylic acids is 2. The first-order chi connectivity index (χ1) is 16.0. The van der Waals surface area contributed by atoms with Crippen molar-refractivity contribution in [3.63, 3.8) is 0 Å². The number of ketones is 1. The van der Waals surface area contributed by atoms with Crippen LogP contribution in [0, 0.1) is 0 Å². The van der Waals surface area contributed by atoms with Crippen LogP contribution in [0.3, 0.4) is 0 Å². The summed E-state index contributed by atoms with van der Waals surface area (Å²) in [4.78, 5) is 27.3. The van der Waals surface area contributed by atoms with Gasteiger partial charge in [0, 0.05) is 12.1 Å². The van der Waals surface area contributed by atoms with Crippen molar-refractivity contribution in [3.05, 3.63) is 65.2 Å². The molecule has 0 radical (unpaired) electrons. The Bertz CT molecular complexity index is 983. The molecule has 1 fully saturated rings. The smallest absolute Gasteiger partial charge is 0.295 e. The molecule has 1 saturated heterocycles. The molecule has 2 aromatic rings. The number of rotatable bonds is 11. The van der Waals surface area contributed by atoms with Gasteiger partial charge in [-0.15, -0.1) is 0 Å². The molecule has 2 aromatic carbocycles. The lowest BCUT2D eigenvalue weighted by Gasteiger charge is -2.25. The average molecular weight is 456 g/mol. The predicted octanol–water partition coefficient (Wildman–Crippen LogP) is 2.91. The molecule has 0 unspecified atom stereocenters. The van der Waals surface area contributed by atoms with Crippen LogP contribution in [0.1, 0.15) is 31.0 Å². The quantitative estimate of drug-likeness (QED) is 0.232. The number of amides is 1. The highest BCUT2D eigenvalue weighted by Crippen LogP contribution is 2.39. The van der Waals surface area contributed by atoms with Crippen molar-refractivity contribution in [2.75, 3.05) is 39.6 Å². The maximum Gasteiger partial charge on any atom is 0.295 e. The van der Waals surface area contributed by atoms with Crippen molar-refractivity contribution in [2.45, 2.75) is 19.9 Å². The first kappa shape index (κ1) is 24.3. The first-order valence-corrected chi connectivity index (χ1v) is 10.9. The SMILES string of the molecule is CCOc1ccc(/C(O)=C2\C(=O)C(=O)N(CCOCCO)[C@H]2c2ccc(OCC)cc2)cc1. The Balaban J connectivity index is 2.01. The fraction of sp³-hybridized carbons (Fsp3) is 0.360. The van der Waals surface area contributed by atoms with E-state index in [1.165, 1.54) is 4.90 Å². The van der Waals surface area contributed by atoms with Gasteiger partial charge >= 0.3 is 0 Å². The topological polar surface area (TPSA) is 106 Å². The van der Waals surface area contributed by atoms with Gasteiger partial charge in [0.2, 0.25) is 0 Å². The molecule has 0 spiro atoms. The van der Waals surface area contributed by atoms with Crippen molar-refractivity contribution < 1.29 is 34.0 Å².